The molecule has 0 aliphatic heterocycles. The van der Waals surface area contributed by atoms with Crippen molar-refractivity contribution in [3.8, 4) is 17.5 Å². The van der Waals surface area contributed by atoms with Gasteiger partial charge in [0.1, 0.15) is 17.5 Å². The summed E-state index contributed by atoms with van der Waals surface area (Å²) >= 11 is 3.39. The number of nitrogens with zero attached hydrogens (tertiary/aromatic N) is 2. The monoisotopic (exact) mass is 491 g/mol. The first-order valence-electron chi connectivity index (χ1n) is 9.71. The molecule has 0 saturated carbocycles. The molecule has 8 nitrogen and oxygen atoms in total. The molecule has 0 amide bonds. The van der Waals surface area contributed by atoms with Crippen LogP contribution in [-0.4, -0.2) is 32.4 Å². The number of rotatable bonds is 6. The molecule has 0 aliphatic carbocycles. The fraction of sp³-hybridized carbons (Fsp3) is 0.130. The van der Waals surface area contributed by atoms with Gasteiger partial charge in [-0.25, -0.2) is 4.98 Å². The highest BCUT2D eigenvalue weighted by Crippen LogP contribution is 2.27. The molecule has 4 N–H and O–H groups in total. The summed E-state index contributed by atoms with van der Waals surface area (Å²) in [7, 11) is 0. The van der Waals surface area contributed by atoms with Crippen LogP contribution in [0.1, 0.15) is 27.6 Å². The van der Waals surface area contributed by atoms with Crippen LogP contribution >= 0.6 is 15.9 Å². The second-order valence-electron chi connectivity index (χ2n) is 7.26. The largest absolute Gasteiger partial charge is 0.387 e. The molecular weight excluding hydrogens is 474 g/mol. The highest BCUT2D eigenvalue weighted by Gasteiger charge is 2.18. The Bertz CT molecular complexity index is 1430. The summed E-state index contributed by atoms with van der Waals surface area (Å²) in [5, 5.41) is 22.6. The Balaban J connectivity index is 1.69. The second kappa shape index (κ2) is 8.78. The number of Topliss-reactive ketones (excluding diaryl/α,β-unsaturated/α-hetero) is 1. The maximum absolute atomic E-state index is 12.7. The highest BCUT2D eigenvalue weighted by atomic mass is 79.9. The van der Waals surface area contributed by atoms with Gasteiger partial charge in [-0.15, -0.1) is 0 Å². The minimum Gasteiger partial charge on any atom is -0.387 e. The normalized spacial score (nSPS) is 11.8. The number of nitriles is 1. The van der Waals surface area contributed by atoms with E-state index in [9.17, 15) is 14.7 Å². The van der Waals surface area contributed by atoms with Crippen molar-refractivity contribution in [2.45, 2.75) is 13.0 Å². The molecule has 2 aromatic heterocycles. The van der Waals surface area contributed by atoms with Gasteiger partial charge in [-0.05, 0) is 48.4 Å². The third-order valence-corrected chi connectivity index (χ3v) is 5.55. The standard InChI is InChI=1S/C23H18BrN5O3/c1-12-7-14(18(30)10-25)9-17-21(12)29-22(28-17)20-16(5-6-26-23(20)32)27-11-19(31)13-3-2-4-15(24)8-13/h2-9,19,31H,11H2,1H3,(H,28,29)(H2,26,27,32). The first kappa shape index (κ1) is 21.5. The van der Waals surface area contributed by atoms with Crippen LogP contribution in [0.2, 0.25) is 0 Å². The number of hydrogen-bond acceptors (Lipinski definition) is 6. The minimum atomic E-state index is -0.794. The molecule has 1 atom stereocenters. The van der Waals surface area contributed by atoms with Crippen LogP contribution in [0.25, 0.3) is 22.4 Å². The van der Waals surface area contributed by atoms with Crippen LogP contribution in [0, 0.1) is 18.3 Å². The lowest BCUT2D eigenvalue weighted by atomic mass is 10.1. The number of ketones is 1. The molecule has 2 aromatic carbocycles. The molecule has 0 aliphatic rings. The zero-order valence-corrected chi connectivity index (χ0v) is 18.5. The number of imidazole rings is 1. The quantitative estimate of drug-likeness (QED) is 0.239. The maximum atomic E-state index is 12.7. The fourth-order valence-corrected chi connectivity index (χ4v) is 3.92. The smallest absolute Gasteiger partial charge is 0.262 e. The number of anilines is 1. The SMILES string of the molecule is Cc1cc(C(=O)C#N)cc2[nH]c(-c3c(NCC(O)c4cccc(Br)c4)cc[nH]c3=O)nc12. The zero-order chi connectivity index (χ0) is 22.8. The van der Waals surface area contributed by atoms with Crippen molar-refractivity contribution in [2.75, 3.05) is 11.9 Å². The Labute approximate surface area is 191 Å². The van der Waals surface area contributed by atoms with Gasteiger partial charge in [-0.3, -0.25) is 9.59 Å². The molecular formula is C23H18BrN5O3. The zero-order valence-electron chi connectivity index (χ0n) is 16.9. The number of carbonyl (C=O) groups is 1. The van der Waals surface area contributed by atoms with Gasteiger partial charge in [-0.1, -0.05) is 28.1 Å². The van der Waals surface area contributed by atoms with Crippen LogP contribution in [0.15, 0.2) is 57.9 Å². The first-order valence-corrected chi connectivity index (χ1v) is 10.5. The van der Waals surface area contributed by atoms with Crippen LogP contribution in [0.5, 0.6) is 0 Å². The summed E-state index contributed by atoms with van der Waals surface area (Å²) < 4.78 is 0.859. The van der Waals surface area contributed by atoms with E-state index in [1.54, 1.807) is 31.2 Å². The molecule has 9 heteroatoms. The fourth-order valence-electron chi connectivity index (χ4n) is 3.50. The topological polar surface area (TPSA) is 135 Å². The highest BCUT2D eigenvalue weighted by molar-refractivity contribution is 9.10. The predicted octanol–water partition coefficient (Wildman–Crippen LogP) is 3.84. The second-order valence-corrected chi connectivity index (χ2v) is 8.18. The summed E-state index contributed by atoms with van der Waals surface area (Å²) in [4.78, 5) is 34.7. The van der Waals surface area contributed by atoms with E-state index in [4.69, 9.17) is 5.26 Å². The van der Waals surface area contributed by atoms with Gasteiger partial charge in [0.05, 0.1) is 22.8 Å². The van der Waals surface area contributed by atoms with Gasteiger partial charge < -0.3 is 20.4 Å². The minimum absolute atomic E-state index is 0.174. The molecule has 1 unspecified atom stereocenters. The number of nitrogens with one attached hydrogen (secondary N) is 3. The molecule has 160 valence electrons. The van der Waals surface area contributed by atoms with Gasteiger partial charge >= 0.3 is 0 Å². The molecule has 4 aromatic rings. The Morgan fingerprint density at radius 3 is 2.88 bits per heavy atom. The van der Waals surface area contributed by atoms with Gasteiger partial charge in [0, 0.05) is 22.8 Å². The van der Waals surface area contributed by atoms with E-state index < -0.39 is 11.9 Å². The molecule has 2 heterocycles. The maximum Gasteiger partial charge on any atom is 0.262 e. The van der Waals surface area contributed by atoms with E-state index >= 15 is 0 Å². The van der Waals surface area contributed by atoms with Crippen molar-refractivity contribution in [1.82, 2.24) is 15.0 Å². The number of aliphatic hydroxyl groups excluding tert-OH is 1. The van der Waals surface area contributed by atoms with E-state index in [2.05, 4.69) is 36.2 Å². The molecule has 0 fully saturated rings. The number of carbonyl (C=O) groups excluding carboxylic acids is 1. The summed E-state index contributed by atoms with van der Waals surface area (Å²) in [6.45, 7) is 1.96. The average Bonchev–Trinajstić information content (AvgIpc) is 3.21. The number of aromatic amines is 2. The van der Waals surface area contributed by atoms with E-state index in [0.717, 1.165) is 10.0 Å². The molecule has 32 heavy (non-hydrogen) atoms. The van der Waals surface area contributed by atoms with Crippen molar-refractivity contribution in [2.24, 2.45) is 0 Å². The van der Waals surface area contributed by atoms with E-state index in [1.807, 2.05) is 24.3 Å². The molecule has 0 saturated heterocycles. The van der Waals surface area contributed by atoms with Crippen LogP contribution < -0.4 is 10.9 Å². The number of aliphatic hydroxyl groups is 1. The molecule has 4 rings (SSSR count). The van der Waals surface area contributed by atoms with Crippen molar-refractivity contribution in [3.63, 3.8) is 0 Å². The van der Waals surface area contributed by atoms with Crippen molar-refractivity contribution in [1.29, 1.82) is 5.26 Å². The third kappa shape index (κ3) is 4.19. The van der Waals surface area contributed by atoms with E-state index in [1.165, 1.54) is 6.20 Å². The van der Waals surface area contributed by atoms with Crippen LogP contribution in [0.3, 0.4) is 0 Å². The lowest BCUT2D eigenvalue weighted by Crippen LogP contribution is -2.17. The van der Waals surface area contributed by atoms with E-state index in [0.29, 0.717) is 28.1 Å². The Morgan fingerprint density at radius 1 is 1.31 bits per heavy atom. The molecule has 0 radical (unpaired) electrons. The van der Waals surface area contributed by atoms with E-state index in [-0.39, 0.29) is 23.2 Å². The summed E-state index contributed by atoms with van der Waals surface area (Å²) in [6.07, 6.45) is 0.717. The number of fused-ring (bicyclic) bond motifs is 1. The number of pyridine rings is 1. The first-order chi connectivity index (χ1) is 15.4. The van der Waals surface area contributed by atoms with Gasteiger partial charge in [-0.2, -0.15) is 5.26 Å². The number of benzene rings is 2. The molecule has 0 bridgehead atoms. The summed E-state index contributed by atoms with van der Waals surface area (Å²) in [6, 6.07) is 13.8. The Kier molecular flexibility index (Phi) is 5.90. The third-order valence-electron chi connectivity index (χ3n) is 5.06. The Hall–Kier alpha value is -3.74. The van der Waals surface area contributed by atoms with Gasteiger partial charge in [0.2, 0.25) is 0 Å². The van der Waals surface area contributed by atoms with Crippen molar-refractivity contribution < 1.29 is 9.90 Å². The number of halogens is 1. The van der Waals surface area contributed by atoms with Crippen molar-refractivity contribution >= 4 is 38.4 Å². The number of aryl methyl sites for hydroxylation is 1. The number of H-pyrrole nitrogens is 2. The van der Waals surface area contributed by atoms with Gasteiger partial charge in [0.15, 0.2) is 0 Å². The van der Waals surface area contributed by atoms with Crippen molar-refractivity contribution in [3.05, 3.63) is 80.2 Å². The number of aromatic nitrogens is 3. The Morgan fingerprint density at radius 2 is 2.12 bits per heavy atom. The number of hydrogen-bond donors (Lipinski definition) is 4. The van der Waals surface area contributed by atoms with Gasteiger partial charge in [0.25, 0.3) is 11.3 Å². The van der Waals surface area contributed by atoms with Crippen LogP contribution in [0.4, 0.5) is 5.69 Å². The predicted molar refractivity (Wildman–Crippen MR) is 124 cm³/mol. The summed E-state index contributed by atoms with van der Waals surface area (Å²) in [5.41, 5.74) is 3.23. The lowest BCUT2D eigenvalue weighted by molar-refractivity contribution is 0.105. The lowest BCUT2D eigenvalue weighted by Gasteiger charge is -2.15. The average molecular weight is 492 g/mol. The van der Waals surface area contributed by atoms with Crippen LogP contribution in [-0.2, 0) is 0 Å². The molecule has 0 spiro atoms. The summed E-state index contributed by atoms with van der Waals surface area (Å²) in [5.74, 6) is -0.335.